The van der Waals surface area contributed by atoms with Crippen LogP contribution in [-0.4, -0.2) is 16.0 Å². The molecule has 3 N–H and O–H groups in total. The summed E-state index contributed by atoms with van der Waals surface area (Å²) >= 11 is 3.38. The molecule has 0 spiro atoms. The largest absolute Gasteiger partial charge is 0.489 e. The number of pyridine rings is 1. The number of nitrogens with two attached hydrogens (primary N) is 1. The van der Waals surface area contributed by atoms with Crippen molar-refractivity contribution >= 4 is 21.8 Å². The van der Waals surface area contributed by atoms with Crippen LogP contribution in [-0.2, 0) is 6.61 Å². The van der Waals surface area contributed by atoms with Crippen LogP contribution in [0.5, 0.6) is 5.75 Å². The van der Waals surface area contributed by atoms with Gasteiger partial charge >= 0.3 is 0 Å². The molecule has 0 unspecified atom stereocenters. The van der Waals surface area contributed by atoms with Crippen LogP contribution in [0.2, 0.25) is 0 Å². The number of benzene rings is 1. The van der Waals surface area contributed by atoms with Gasteiger partial charge in [0.25, 0.3) is 0 Å². The van der Waals surface area contributed by atoms with Crippen LogP contribution in [0.25, 0.3) is 0 Å². The highest BCUT2D eigenvalue weighted by atomic mass is 79.9. The zero-order valence-electron chi connectivity index (χ0n) is 9.95. The van der Waals surface area contributed by atoms with E-state index in [1.165, 1.54) is 0 Å². The van der Waals surface area contributed by atoms with Gasteiger partial charge in [0, 0.05) is 16.7 Å². The van der Waals surface area contributed by atoms with Gasteiger partial charge in [-0.15, -0.1) is 0 Å². The van der Waals surface area contributed by atoms with Crippen LogP contribution in [0.3, 0.4) is 0 Å². The minimum atomic E-state index is -0.0471. The summed E-state index contributed by atoms with van der Waals surface area (Å²) < 4.78 is 6.64. The molecule has 0 radical (unpaired) electrons. The Morgan fingerprint density at radius 1 is 1.32 bits per heavy atom. The molecule has 0 saturated heterocycles. The fourth-order valence-electron chi connectivity index (χ4n) is 1.44. The highest BCUT2D eigenvalue weighted by Crippen LogP contribution is 2.15. The van der Waals surface area contributed by atoms with E-state index in [1.54, 1.807) is 18.3 Å². The van der Waals surface area contributed by atoms with E-state index in [4.69, 9.17) is 15.7 Å². The average molecular weight is 322 g/mol. The maximum absolute atomic E-state index is 8.59. The highest BCUT2D eigenvalue weighted by molar-refractivity contribution is 9.10. The molecular formula is C13H12BrN3O2. The minimum absolute atomic E-state index is 0.0471. The van der Waals surface area contributed by atoms with E-state index in [0.29, 0.717) is 18.1 Å². The standard InChI is InChI=1S/C13H12BrN3O2/c14-10-3-1-9(2-4-10)8-19-11-5-6-16-12(7-11)13(15)17-18/h1-7,18H,8H2,(H2,15,17). The van der Waals surface area contributed by atoms with E-state index in [2.05, 4.69) is 26.1 Å². The lowest BCUT2D eigenvalue weighted by Gasteiger charge is -2.07. The van der Waals surface area contributed by atoms with Gasteiger partial charge in [-0.2, -0.15) is 0 Å². The van der Waals surface area contributed by atoms with Crippen LogP contribution in [0, 0.1) is 0 Å². The van der Waals surface area contributed by atoms with Gasteiger partial charge < -0.3 is 15.7 Å². The van der Waals surface area contributed by atoms with Crippen molar-refractivity contribution in [2.75, 3.05) is 0 Å². The summed E-state index contributed by atoms with van der Waals surface area (Å²) in [5, 5.41) is 11.5. The van der Waals surface area contributed by atoms with E-state index < -0.39 is 0 Å². The van der Waals surface area contributed by atoms with Crippen molar-refractivity contribution in [2.45, 2.75) is 6.61 Å². The SMILES string of the molecule is N/C(=N/O)c1cc(OCc2ccc(Br)cc2)ccn1. The second-order valence-electron chi connectivity index (χ2n) is 3.78. The number of rotatable bonds is 4. The van der Waals surface area contributed by atoms with E-state index in [0.717, 1.165) is 10.0 Å². The predicted octanol–water partition coefficient (Wildman–Crippen LogP) is 2.52. The number of hydrogen-bond acceptors (Lipinski definition) is 4. The van der Waals surface area contributed by atoms with Gasteiger partial charge in [0.05, 0.1) is 0 Å². The van der Waals surface area contributed by atoms with Gasteiger partial charge in [0.1, 0.15) is 18.1 Å². The lowest BCUT2D eigenvalue weighted by molar-refractivity contribution is 0.305. The third-order valence-corrected chi connectivity index (χ3v) is 2.95. The Morgan fingerprint density at radius 2 is 2.05 bits per heavy atom. The normalized spacial score (nSPS) is 11.3. The zero-order valence-corrected chi connectivity index (χ0v) is 11.5. The summed E-state index contributed by atoms with van der Waals surface area (Å²) in [5.74, 6) is 0.564. The molecule has 0 fully saturated rings. The summed E-state index contributed by atoms with van der Waals surface area (Å²) in [5.41, 5.74) is 6.88. The highest BCUT2D eigenvalue weighted by Gasteiger charge is 2.03. The van der Waals surface area contributed by atoms with Gasteiger partial charge in [0.15, 0.2) is 5.84 Å². The second kappa shape index (κ2) is 6.19. The van der Waals surface area contributed by atoms with Gasteiger partial charge in [-0.1, -0.05) is 33.2 Å². The van der Waals surface area contributed by atoms with Crippen molar-refractivity contribution in [3.05, 3.63) is 58.3 Å². The smallest absolute Gasteiger partial charge is 0.188 e. The third-order valence-electron chi connectivity index (χ3n) is 2.42. The van der Waals surface area contributed by atoms with Gasteiger partial charge in [-0.05, 0) is 23.8 Å². The molecule has 0 aliphatic carbocycles. The van der Waals surface area contributed by atoms with Crippen LogP contribution in [0.15, 0.2) is 52.2 Å². The molecule has 0 amide bonds. The fraction of sp³-hybridized carbons (Fsp3) is 0.0769. The molecule has 98 valence electrons. The fourth-order valence-corrected chi connectivity index (χ4v) is 1.70. The average Bonchev–Trinajstić information content (AvgIpc) is 2.46. The van der Waals surface area contributed by atoms with Gasteiger partial charge in [-0.3, -0.25) is 4.98 Å². The number of ether oxygens (including phenoxy) is 1. The van der Waals surface area contributed by atoms with Crippen molar-refractivity contribution in [1.82, 2.24) is 4.98 Å². The Kier molecular flexibility index (Phi) is 4.35. The molecule has 0 saturated carbocycles. The Bertz CT molecular complexity index is 585. The van der Waals surface area contributed by atoms with Crippen molar-refractivity contribution < 1.29 is 9.94 Å². The van der Waals surface area contributed by atoms with Crippen LogP contribution in [0.1, 0.15) is 11.3 Å². The van der Waals surface area contributed by atoms with Crippen molar-refractivity contribution in [2.24, 2.45) is 10.9 Å². The van der Waals surface area contributed by atoms with Crippen LogP contribution in [0.4, 0.5) is 0 Å². The lowest BCUT2D eigenvalue weighted by atomic mass is 10.2. The van der Waals surface area contributed by atoms with Gasteiger partial charge in [-0.25, -0.2) is 0 Å². The molecule has 2 rings (SSSR count). The molecule has 0 aliphatic rings. The van der Waals surface area contributed by atoms with Crippen molar-refractivity contribution in [3.8, 4) is 5.75 Å². The molecule has 19 heavy (non-hydrogen) atoms. The predicted molar refractivity (Wildman–Crippen MR) is 75.2 cm³/mol. The molecular weight excluding hydrogens is 310 g/mol. The summed E-state index contributed by atoms with van der Waals surface area (Å²) in [6, 6.07) is 11.2. The minimum Gasteiger partial charge on any atom is -0.489 e. The lowest BCUT2D eigenvalue weighted by Crippen LogP contribution is -2.14. The molecule has 1 aromatic heterocycles. The number of halogens is 1. The first-order valence-corrected chi connectivity index (χ1v) is 6.29. The van der Waals surface area contributed by atoms with E-state index in [1.807, 2.05) is 24.3 Å². The molecule has 0 bridgehead atoms. The molecule has 1 aromatic carbocycles. The topological polar surface area (TPSA) is 80.7 Å². The van der Waals surface area contributed by atoms with E-state index >= 15 is 0 Å². The van der Waals surface area contributed by atoms with Gasteiger partial charge in [0.2, 0.25) is 0 Å². The number of oxime groups is 1. The van der Waals surface area contributed by atoms with Crippen molar-refractivity contribution in [3.63, 3.8) is 0 Å². The number of aromatic nitrogens is 1. The van der Waals surface area contributed by atoms with E-state index in [9.17, 15) is 0 Å². The maximum atomic E-state index is 8.59. The summed E-state index contributed by atoms with van der Waals surface area (Å²) in [6.07, 6.45) is 1.55. The summed E-state index contributed by atoms with van der Waals surface area (Å²) in [6.45, 7) is 0.437. The number of hydrogen-bond donors (Lipinski definition) is 2. The maximum Gasteiger partial charge on any atom is 0.188 e. The zero-order chi connectivity index (χ0) is 13.7. The molecule has 0 aliphatic heterocycles. The molecule has 2 aromatic rings. The molecule has 6 heteroatoms. The van der Waals surface area contributed by atoms with Crippen LogP contribution >= 0.6 is 15.9 Å². The Labute approximate surface area is 118 Å². The Hall–Kier alpha value is -2.08. The number of amidine groups is 1. The quantitative estimate of drug-likeness (QED) is 0.392. The Morgan fingerprint density at radius 3 is 2.74 bits per heavy atom. The molecule has 0 atom stereocenters. The number of nitrogens with zero attached hydrogens (tertiary/aromatic N) is 2. The third kappa shape index (κ3) is 3.69. The van der Waals surface area contributed by atoms with Crippen molar-refractivity contribution in [1.29, 1.82) is 0 Å². The first-order chi connectivity index (χ1) is 9.19. The molecule has 1 heterocycles. The van der Waals surface area contributed by atoms with E-state index in [-0.39, 0.29) is 5.84 Å². The monoisotopic (exact) mass is 321 g/mol. The Balaban J connectivity index is 2.05. The first-order valence-electron chi connectivity index (χ1n) is 5.50. The van der Waals surface area contributed by atoms with Crippen LogP contribution < -0.4 is 10.5 Å². The molecule has 5 nitrogen and oxygen atoms in total. The summed E-state index contributed by atoms with van der Waals surface area (Å²) in [4.78, 5) is 3.97. The second-order valence-corrected chi connectivity index (χ2v) is 4.69. The first kappa shape index (κ1) is 13.4. The summed E-state index contributed by atoms with van der Waals surface area (Å²) in [7, 11) is 0.